The van der Waals surface area contributed by atoms with Crippen LogP contribution in [-0.4, -0.2) is 15.3 Å². The van der Waals surface area contributed by atoms with Gasteiger partial charge < -0.3 is 9.72 Å². The highest BCUT2D eigenvalue weighted by Crippen LogP contribution is 2.29. The number of rotatable bonds is 3. The molecule has 2 aromatic heterocycles. The first-order chi connectivity index (χ1) is 12.1. The molecule has 1 N–H and O–H groups in total. The molecular formula is C21H23N3O. The molecule has 1 saturated carbocycles. The van der Waals surface area contributed by atoms with Gasteiger partial charge in [0, 0.05) is 29.6 Å². The van der Waals surface area contributed by atoms with E-state index < -0.39 is 0 Å². The summed E-state index contributed by atoms with van der Waals surface area (Å²) in [5, 5.41) is 3.13. The van der Waals surface area contributed by atoms with Crippen LogP contribution in [0.2, 0.25) is 0 Å². The van der Waals surface area contributed by atoms with Crippen LogP contribution in [0.1, 0.15) is 36.8 Å². The van der Waals surface area contributed by atoms with E-state index in [1.807, 2.05) is 29.8 Å². The van der Waals surface area contributed by atoms with Crippen LogP contribution in [0.15, 0.2) is 42.7 Å². The zero-order valence-corrected chi connectivity index (χ0v) is 14.7. The summed E-state index contributed by atoms with van der Waals surface area (Å²) in [6.07, 6.45) is 8.41. The van der Waals surface area contributed by atoms with Crippen molar-refractivity contribution >= 4 is 17.2 Å². The van der Waals surface area contributed by atoms with Crippen molar-refractivity contribution in [3.05, 3.63) is 53.9 Å². The number of aromatic nitrogens is 2. The number of nitrogens with one attached hydrogen (secondary N) is 1. The monoisotopic (exact) mass is 333 g/mol. The third-order valence-corrected chi connectivity index (χ3v) is 5.13. The van der Waals surface area contributed by atoms with E-state index in [-0.39, 0.29) is 11.8 Å². The summed E-state index contributed by atoms with van der Waals surface area (Å²) in [7, 11) is 0. The summed E-state index contributed by atoms with van der Waals surface area (Å²) in [4.78, 5) is 17.2. The van der Waals surface area contributed by atoms with Gasteiger partial charge >= 0.3 is 0 Å². The van der Waals surface area contributed by atoms with Crippen molar-refractivity contribution in [2.24, 2.45) is 5.92 Å². The van der Waals surface area contributed by atoms with Gasteiger partial charge in [0.25, 0.3) is 0 Å². The maximum absolute atomic E-state index is 12.5. The van der Waals surface area contributed by atoms with Gasteiger partial charge in [-0.1, -0.05) is 25.0 Å². The van der Waals surface area contributed by atoms with Gasteiger partial charge in [-0.15, -0.1) is 0 Å². The Morgan fingerprint density at radius 1 is 1.16 bits per heavy atom. The molecule has 4 nitrogen and oxygen atoms in total. The lowest BCUT2D eigenvalue weighted by Crippen LogP contribution is -2.20. The van der Waals surface area contributed by atoms with Crippen LogP contribution in [0, 0.1) is 19.8 Å². The summed E-state index contributed by atoms with van der Waals surface area (Å²) in [5.74, 6) is 0.324. The smallest absolute Gasteiger partial charge is 0.227 e. The van der Waals surface area contributed by atoms with Crippen LogP contribution in [0.5, 0.6) is 0 Å². The van der Waals surface area contributed by atoms with Crippen LogP contribution in [-0.2, 0) is 4.79 Å². The van der Waals surface area contributed by atoms with E-state index in [1.165, 1.54) is 5.56 Å². The maximum atomic E-state index is 12.5. The van der Waals surface area contributed by atoms with Crippen molar-refractivity contribution in [1.82, 2.24) is 9.38 Å². The van der Waals surface area contributed by atoms with Gasteiger partial charge in [-0.25, -0.2) is 4.98 Å². The number of carbonyl (C=O) groups excluding carboxylic acids is 1. The van der Waals surface area contributed by atoms with Crippen LogP contribution in [0.4, 0.5) is 5.69 Å². The van der Waals surface area contributed by atoms with E-state index in [2.05, 4.69) is 36.5 Å². The number of hydrogen-bond donors (Lipinski definition) is 1. The highest BCUT2D eigenvalue weighted by Gasteiger charge is 2.23. The van der Waals surface area contributed by atoms with Gasteiger partial charge in [0.1, 0.15) is 5.65 Å². The summed E-state index contributed by atoms with van der Waals surface area (Å²) in [6, 6.07) is 10.3. The van der Waals surface area contributed by atoms with Crippen LogP contribution >= 0.6 is 0 Å². The van der Waals surface area contributed by atoms with Gasteiger partial charge in [-0.05, 0) is 56.0 Å². The predicted molar refractivity (Wildman–Crippen MR) is 101 cm³/mol. The molecule has 0 aliphatic heterocycles. The molecule has 2 heterocycles. The molecule has 4 heteroatoms. The Morgan fingerprint density at radius 2 is 1.96 bits per heavy atom. The van der Waals surface area contributed by atoms with E-state index in [0.717, 1.165) is 53.8 Å². The van der Waals surface area contributed by atoms with Crippen molar-refractivity contribution < 1.29 is 4.79 Å². The molecule has 1 amide bonds. The first-order valence-corrected chi connectivity index (χ1v) is 8.97. The molecule has 1 aliphatic carbocycles. The van der Waals surface area contributed by atoms with E-state index in [0.29, 0.717) is 0 Å². The quantitative estimate of drug-likeness (QED) is 0.752. The molecule has 0 radical (unpaired) electrons. The maximum Gasteiger partial charge on any atom is 0.227 e. The number of fused-ring (bicyclic) bond motifs is 1. The Morgan fingerprint density at radius 3 is 2.76 bits per heavy atom. The lowest BCUT2D eigenvalue weighted by molar-refractivity contribution is -0.119. The molecule has 0 saturated heterocycles. The average molecular weight is 333 g/mol. The fourth-order valence-electron chi connectivity index (χ4n) is 3.56. The number of pyridine rings is 1. The molecule has 1 aromatic carbocycles. The summed E-state index contributed by atoms with van der Waals surface area (Å²) >= 11 is 0. The second-order valence-electron chi connectivity index (χ2n) is 7.10. The van der Waals surface area contributed by atoms with Crippen molar-refractivity contribution in [3.63, 3.8) is 0 Å². The van der Waals surface area contributed by atoms with Crippen molar-refractivity contribution in [2.75, 3.05) is 5.32 Å². The van der Waals surface area contributed by atoms with Gasteiger partial charge in [0.15, 0.2) is 0 Å². The SMILES string of the molecule is Cc1ccn2cc(-c3ccc(C)c(NC(=O)C4CCCC4)c3)nc2c1. The highest BCUT2D eigenvalue weighted by molar-refractivity contribution is 5.94. The lowest BCUT2D eigenvalue weighted by atomic mass is 10.1. The number of imidazole rings is 1. The fraction of sp³-hybridized carbons (Fsp3) is 0.333. The van der Waals surface area contributed by atoms with Crippen molar-refractivity contribution in [2.45, 2.75) is 39.5 Å². The molecule has 4 rings (SSSR count). The number of benzene rings is 1. The molecular weight excluding hydrogens is 310 g/mol. The lowest BCUT2D eigenvalue weighted by Gasteiger charge is -2.13. The van der Waals surface area contributed by atoms with Crippen molar-refractivity contribution in [1.29, 1.82) is 0 Å². The molecule has 0 atom stereocenters. The number of nitrogens with zero attached hydrogens (tertiary/aromatic N) is 2. The normalized spacial score (nSPS) is 15.0. The molecule has 3 aromatic rings. The first-order valence-electron chi connectivity index (χ1n) is 8.97. The summed E-state index contributed by atoms with van der Waals surface area (Å²) < 4.78 is 2.03. The van der Waals surface area contributed by atoms with E-state index in [4.69, 9.17) is 4.98 Å². The molecule has 0 unspecified atom stereocenters. The molecule has 0 spiro atoms. The Hall–Kier alpha value is -2.62. The Kier molecular flexibility index (Phi) is 4.04. The molecule has 0 bridgehead atoms. The minimum absolute atomic E-state index is 0.156. The number of hydrogen-bond acceptors (Lipinski definition) is 2. The topological polar surface area (TPSA) is 46.4 Å². The largest absolute Gasteiger partial charge is 0.326 e. The highest BCUT2D eigenvalue weighted by atomic mass is 16.1. The standard InChI is InChI=1S/C21H23N3O/c1-14-9-10-24-13-19(22-20(24)11-14)17-8-7-15(2)18(12-17)23-21(25)16-5-3-4-6-16/h7-13,16H,3-6H2,1-2H3,(H,23,25). The number of aryl methyl sites for hydroxylation is 2. The van der Waals surface area contributed by atoms with E-state index in [9.17, 15) is 4.79 Å². The molecule has 128 valence electrons. The van der Waals surface area contributed by atoms with Gasteiger partial charge in [0.2, 0.25) is 5.91 Å². The minimum Gasteiger partial charge on any atom is -0.326 e. The van der Waals surface area contributed by atoms with Gasteiger partial charge in [0.05, 0.1) is 5.69 Å². The van der Waals surface area contributed by atoms with Gasteiger partial charge in [-0.2, -0.15) is 0 Å². The van der Waals surface area contributed by atoms with Gasteiger partial charge in [-0.3, -0.25) is 4.79 Å². The Labute approximate surface area is 147 Å². The molecule has 1 aliphatic rings. The number of anilines is 1. The van der Waals surface area contributed by atoms with Crippen molar-refractivity contribution in [3.8, 4) is 11.3 Å². The van der Waals surface area contributed by atoms with E-state index in [1.54, 1.807) is 0 Å². The molecule has 25 heavy (non-hydrogen) atoms. The third kappa shape index (κ3) is 3.16. The van der Waals surface area contributed by atoms with Crippen LogP contribution in [0.25, 0.3) is 16.9 Å². The molecule has 1 fully saturated rings. The van der Waals surface area contributed by atoms with Crippen LogP contribution < -0.4 is 5.32 Å². The summed E-state index contributed by atoms with van der Waals surface area (Å²) in [5.41, 5.74) is 6.04. The third-order valence-electron chi connectivity index (χ3n) is 5.13. The second-order valence-corrected chi connectivity index (χ2v) is 7.10. The zero-order valence-electron chi connectivity index (χ0n) is 14.7. The second kappa shape index (κ2) is 6.36. The number of amides is 1. The van der Waals surface area contributed by atoms with Crippen LogP contribution in [0.3, 0.4) is 0 Å². The number of carbonyl (C=O) groups is 1. The predicted octanol–water partition coefficient (Wildman–Crippen LogP) is 4.75. The summed E-state index contributed by atoms with van der Waals surface area (Å²) in [6.45, 7) is 4.10. The Bertz CT molecular complexity index is 935. The van der Waals surface area contributed by atoms with E-state index >= 15 is 0 Å². The first kappa shape index (κ1) is 15.9. The minimum atomic E-state index is 0.156. The average Bonchev–Trinajstić information content (AvgIpc) is 3.25. The Balaban J connectivity index is 1.64. The zero-order chi connectivity index (χ0) is 17.4. The fourth-order valence-corrected chi connectivity index (χ4v) is 3.56.